The van der Waals surface area contributed by atoms with E-state index in [1.165, 1.54) is 17.7 Å². The zero-order valence-electron chi connectivity index (χ0n) is 9.02. The van der Waals surface area contributed by atoms with Crippen LogP contribution in [0.15, 0.2) is 35.0 Å². The predicted octanol–water partition coefficient (Wildman–Crippen LogP) is 3.38. The first-order chi connectivity index (χ1) is 8.29. The van der Waals surface area contributed by atoms with Crippen molar-refractivity contribution in [2.75, 3.05) is 6.61 Å². The maximum Gasteiger partial charge on any atom is 0.144 e. The van der Waals surface area contributed by atoms with Crippen molar-refractivity contribution in [1.82, 2.24) is 0 Å². The second kappa shape index (κ2) is 5.46. The van der Waals surface area contributed by atoms with E-state index in [0.717, 1.165) is 6.42 Å². The van der Waals surface area contributed by atoms with Crippen LogP contribution in [0, 0.1) is 17.1 Å². The highest BCUT2D eigenvalue weighted by molar-refractivity contribution is 7.07. The number of ether oxygens (including phenoxy) is 1. The molecule has 2 rings (SSSR count). The fraction of sp³-hybridized carbons (Fsp3) is 0.154. The SMILES string of the molecule is N#Cc1ccc(OCCc2ccsc2)cc1F. The third-order valence-corrected chi connectivity index (χ3v) is 3.03. The molecule has 1 aromatic carbocycles. The number of benzene rings is 1. The minimum absolute atomic E-state index is 0.0372. The van der Waals surface area contributed by atoms with Crippen LogP contribution in [0.2, 0.25) is 0 Å². The molecule has 0 fully saturated rings. The van der Waals surface area contributed by atoms with E-state index >= 15 is 0 Å². The van der Waals surface area contributed by atoms with Gasteiger partial charge in [-0.15, -0.1) is 0 Å². The van der Waals surface area contributed by atoms with E-state index in [1.54, 1.807) is 23.5 Å². The molecule has 2 aromatic rings. The van der Waals surface area contributed by atoms with Crippen molar-refractivity contribution < 1.29 is 9.13 Å². The average molecular weight is 247 g/mol. The van der Waals surface area contributed by atoms with Gasteiger partial charge in [-0.3, -0.25) is 0 Å². The molecule has 1 heterocycles. The largest absolute Gasteiger partial charge is 0.493 e. The Kier molecular flexibility index (Phi) is 3.73. The monoisotopic (exact) mass is 247 g/mol. The lowest BCUT2D eigenvalue weighted by Gasteiger charge is -2.05. The van der Waals surface area contributed by atoms with Crippen LogP contribution in [0.3, 0.4) is 0 Å². The van der Waals surface area contributed by atoms with Gasteiger partial charge in [-0.1, -0.05) is 0 Å². The molecule has 1 aromatic heterocycles. The van der Waals surface area contributed by atoms with Gasteiger partial charge in [-0.2, -0.15) is 16.6 Å². The number of thiophene rings is 1. The summed E-state index contributed by atoms with van der Waals surface area (Å²) >= 11 is 1.64. The Morgan fingerprint density at radius 2 is 2.24 bits per heavy atom. The summed E-state index contributed by atoms with van der Waals surface area (Å²) in [7, 11) is 0. The van der Waals surface area contributed by atoms with Gasteiger partial charge in [-0.25, -0.2) is 4.39 Å². The molecule has 0 N–H and O–H groups in total. The molecule has 0 amide bonds. The molecule has 0 atom stereocenters. The third kappa shape index (κ3) is 3.05. The van der Waals surface area contributed by atoms with Gasteiger partial charge in [0, 0.05) is 12.5 Å². The summed E-state index contributed by atoms with van der Waals surface area (Å²) < 4.78 is 18.7. The Bertz CT molecular complexity index is 531. The highest BCUT2D eigenvalue weighted by atomic mass is 32.1. The fourth-order valence-corrected chi connectivity index (χ4v) is 2.10. The maximum absolute atomic E-state index is 13.3. The van der Waals surface area contributed by atoms with Gasteiger partial charge in [0.2, 0.25) is 0 Å². The van der Waals surface area contributed by atoms with Gasteiger partial charge in [0.05, 0.1) is 12.2 Å². The average Bonchev–Trinajstić information content (AvgIpc) is 2.82. The molecular formula is C13H10FNOS. The van der Waals surface area contributed by atoms with Crippen LogP contribution >= 0.6 is 11.3 Å². The van der Waals surface area contributed by atoms with Gasteiger partial charge in [0.15, 0.2) is 0 Å². The molecule has 0 bridgehead atoms. The van der Waals surface area contributed by atoms with Crippen molar-refractivity contribution in [1.29, 1.82) is 5.26 Å². The van der Waals surface area contributed by atoms with Crippen molar-refractivity contribution in [3.63, 3.8) is 0 Å². The predicted molar refractivity (Wildman–Crippen MR) is 64.6 cm³/mol. The smallest absolute Gasteiger partial charge is 0.144 e. The Hall–Kier alpha value is -1.86. The molecule has 0 aliphatic rings. The summed E-state index contributed by atoms with van der Waals surface area (Å²) in [6.07, 6.45) is 0.797. The second-order valence-corrected chi connectivity index (χ2v) is 4.26. The topological polar surface area (TPSA) is 33.0 Å². The zero-order valence-corrected chi connectivity index (χ0v) is 9.84. The highest BCUT2D eigenvalue weighted by Crippen LogP contribution is 2.16. The first kappa shape index (κ1) is 11.6. The Labute approximate surface area is 103 Å². The minimum atomic E-state index is -0.541. The molecular weight excluding hydrogens is 237 g/mol. The first-order valence-electron chi connectivity index (χ1n) is 5.13. The summed E-state index contributed by atoms with van der Waals surface area (Å²) in [5.41, 5.74) is 1.25. The molecule has 0 saturated carbocycles. The number of hydrogen-bond acceptors (Lipinski definition) is 3. The van der Waals surface area contributed by atoms with Gasteiger partial charge < -0.3 is 4.74 Å². The molecule has 0 spiro atoms. The third-order valence-electron chi connectivity index (χ3n) is 2.30. The maximum atomic E-state index is 13.3. The number of rotatable bonds is 4. The van der Waals surface area contributed by atoms with Crippen molar-refractivity contribution in [3.05, 3.63) is 52.0 Å². The van der Waals surface area contributed by atoms with E-state index in [-0.39, 0.29) is 5.56 Å². The van der Waals surface area contributed by atoms with Crippen LogP contribution in [-0.4, -0.2) is 6.61 Å². The molecule has 0 aliphatic carbocycles. The number of halogens is 1. The standard InChI is InChI=1S/C13H10FNOS/c14-13-7-12(2-1-11(13)8-15)16-5-3-10-4-6-17-9-10/h1-2,4,6-7,9H,3,5H2. The number of hydrogen-bond donors (Lipinski definition) is 0. The number of nitriles is 1. The lowest BCUT2D eigenvalue weighted by molar-refractivity contribution is 0.320. The molecule has 0 unspecified atom stereocenters. The quantitative estimate of drug-likeness (QED) is 0.829. The van der Waals surface area contributed by atoms with E-state index in [0.29, 0.717) is 12.4 Å². The van der Waals surface area contributed by atoms with Crippen LogP contribution in [0.1, 0.15) is 11.1 Å². The lowest BCUT2D eigenvalue weighted by atomic mass is 10.2. The van der Waals surface area contributed by atoms with Crippen LogP contribution in [0.5, 0.6) is 5.75 Å². The highest BCUT2D eigenvalue weighted by Gasteiger charge is 2.03. The summed E-state index contributed by atoms with van der Waals surface area (Å²) in [5, 5.41) is 12.6. The summed E-state index contributed by atoms with van der Waals surface area (Å²) in [6.45, 7) is 0.502. The van der Waals surface area contributed by atoms with Crippen molar-refractivity contribution in [2.45, 2.75) is 6.42 Å². The summed E-state index contributed by atoms with van der Waals surface area (Å²) in [4.78, 5) is 0. The second-order valence-electron chi connectivity index (χ2n) is 3.48. The van der Waals surface area contributed by atoms with Crippen LogP contribution < -0.4 is 4.74 Å². The van der Waals surface area contributed by atoms with E-state index in [2.05, 4.69) is 5.38 Å². The fourth-order valence-electron chi connectivity index (χ4n) is 1.40. The van der Waals surface area contributed by atoms with E-state index in [4.69, 9.17) is 10.00 Å². The van der Waals surface area contributed by atoms with Crippen molar-refractivity contribution in [3.8, 4) is 11.8 Å². The van der Waals surface area contributed by atoms with Gasteiger partial charge >= 0.3 is 0 Å². The minimum Gasteiger partial charge on any atom is -0.493 e. The van der Waals surface area contributed by atoms with E-state index < -0.39 is 5.82 Å². The lowest BCUT2D eigenvalue weighted by Crippen LogP contribution is -2.01. The molecule has 2 nitrogen and oxygen atoms in total. The molecule has 4 heteroatoms. The normalized spacial score (nSPS) is 9.88. The van der Waals surface area contributed by atoms with Gasteiger partial charge in [0.1, 0.15) is 17.6 Å². The molecule has 0 aliphatic heterocycles. The van der Waals surface area contributed by atoms with E-state index in [1.807, 2.05) is 11.4 Å². The van der Waals surface area contributed by atoms with Gasteiger partial charge in [0.25, 0.3) is 0 Å². The summed E-state index contributed by atoms with van der Waals surface area (Å²) in [6, 6.07) is 8.08. The zero-order chi connectivity index (χ0) is 12.1. The van der Waals surface area contributed by atoms with Crippen LogP contribution in [-0.2, 0) is 6.42 Å². The van der Waals surface area contributed by atoms with Crippen molar-refractivity contribution in [2.24, 2.45) is 0 Å². The van der Waals surface area contributed by atoms with Crippen LogP contribution in [0.25, 0.3) is 0 Å². The summed E-state index contributed by atoms with van der Waals surface area (Å²) in [5.74, 6) is -0.0859. The van der Waals surface area contributed by atoms with Crippen molar-refractivity contribution >= 4 is 11.3 Å². The molecule has 0 radical (unpaired) electrons. The van der Waals surface area contributed by atoms with E-state index in [9.17, 15) is 4.39 Å². The number of nitrogens with zero attached hydrogens (tertiary/aromatic N) is 1. The van der Waals surface area contributed by atoms with Gasteiger partial charge in [-0.05, 0) is 34.5 Å². The Balaban J connectivity index is 1.91. The van der Waals surface area contributed by atoms with Crippen LogP contribution in [0.4, 0.5) is 4.39 Å². The Morgan fingerprint density at radius 1 is 1.35 bits per heavy atom. The first-order valence-corrected chi connectivity index (χ1v) is 6.07. The molecule has 0 saturated heterocycles. The molecule has 17 heavy (non-hydrogen) atoms. The molecule has 86 valence electrons. The Morgan fingerprint density at radius 3 is 2.88 bits per heavy atom.